The number of carbonyl (C=O) groups is 3. The van der Waals surface area contributed by atoms with Crippen LogP contribution in [0.4, 0.5) is 10.5 Å². The Kier molecular flexibility index (Phi) is 10.5. The number of hydrogen-bond donors (Lipinski definition) is 1. The van der Waals surface area contributed by atoms with Crippen molar-refractivity contribution in [1.29, 1.82) is 0 Å². The average Bonchev–Trinajstić information content (AvgIpc) is 3.04. The Morgan fingerprint density at radius 1 is 0.717 bits per heavy atom. The van der Waals surface area contributed by atoms with E-state index < -0.39 is 17.8 Å². The van der Waals surface area contributed by atoms with Crippen molar-refractivity contribution in [1.82, 2.24) is 5.32 Å². The third kappa shape index (κ3) is 7.62. The minimum Gasteiger partial charge on any atom is -0.494 e. The van der Waals surface area contributed by atoms with Gasteiger partial charge in [-0.05, 0) is 85.1 Å². The summed E-state index contributed by atoms with van der Waals surface area (Å²) >= 11 is 13.1. The van der Waals surface area contributed by atoms with E-state index in [-0.39, 0.29) is 33.7 Å². The van der Waals surface area contributed by atoms with Crippen molar-refractivity contribution < 1.29 is 33.3 Å². The van der Waals surface area contributed by atoms with E-state index in [9.17, 15) is 14.4 Å². The number of rotatable bonds is 12. The minimum absolute atomic E-state index is 0.124. The second kappa shape index (κ2) is 14.9. The first-order valence-electron chi connectivity index (χ1n) is 14.5. The molecule has 1 heterocycles. The molecular formula is C35H30Cl2N2O7. The standard InChI is InChI=1S/C35H30Cl2N2O7/c1-3-43-26-13-11-25(12-14-26)39-34(41)27(33(40)38-35(39)42)16-24-17-28(36)32(29(37)18-24)46-21-23-10-15-30(31(19-23)44-4-2)45-20-22-8-6-5-7-9-22/h5-19H,3-4,20-21H2,1-2H3,(H,38,40,42)/b27-16+. The van der Waals surface area contributed by atoms with Gasteiger partial charge < -0.3 is 18.9 Å². The molecule has 0 saturated carbocycles. The lowest BCUT2D eigenvalue weighted by molar-refractivity contribution is -0.122. The van der Waals surface area contributed by atoms with Crippen LogP contribution in [0.5, 0.6) is 23.0 Å². The number of benzene rings is 4. The fourth-order valence-corrected chi connectivity index (χ4v) is 5.25. The lowest BCUT2D eigenvalue weighted by Gasteiger charge is -2.26. The first-order valence-corrected chi connectivity index (χ1v) is 15.2. The van der Waals surface area contributed by atoms with Crippen LogP contribution in [0.1, 0.15) is 30.5 Å². The van der Waals surface area contributed by atoms with Crippen LogP contribution in [-0.2, 0) is 22.8 Å². The largest absolute Gasteiger partial charge is 0.494 e. The topological polar surface area (TPSA) is 103 Å². The van der Waals surface area contributed by atoms with Gasteiger partial charge >= 0.3 is 6.03 Å². The third-order valence-corrected chi connectivity index (χ3v) is 7.33. The Bertz CT molecular complexity index is 1750. The molecule has 11 heteroatoms. The van der Waals surface area contributed by atoms with E-state index in [4.69, 9.17) is 42.1 Å². The second-order valence-corrected chi connectivity index (χ2v) is 10.8. The van der Waals surface area contributed by atoms with Gasteiger partial charge in [-0.2, -0.15) is 0 Å². The molecule has 1 N–H and O–H groups in total. The van der Waals surface area contributed by atoms with Crippen LogP contribution in [0.2, 0.25) is 10.0 Å². The van der Waals surface area contributed by atoms with Crippen molar-refractivity contribution in [3.63, 3.8) is 0 Å². The summed E-state index contributed by atoms with van der Waals surface area (Å²) < 4.78 is 23.2. The van der Waals surface area contributed by atoms with Gasteiger partial charge in [0.2, 0.25) is 0 Å². The van der Waals surface area contributed by atoms with Crippen LogP contribution in [0.3, 0.4) is 0 Å². The molecule has 4 amide bonds. The van der Waals surface area contributed by atoms with E-state index >= 15 is 0 Å². The minimum atomic E-state index is -0.862. The first kappa shape index (κ1) is 32.4. The van der Waals surface area contributed by atoms with E-state index in [0.29, 0.717) is 42.6 Å². The highest BCUT2D eigenvalue weighted by Gasteiger charge is 2.37. The predicted octanol–water partition coefficient (Wildman–Crippen LogP) is 7.62. The third-order valence-electron chi connectivity index (χ3n) is 6.77. The van der Waals surface area contributed by atoms with E-state index in [1.807, 2.05) is 62.4 Å². The van der Waals surface area contributed by atoms with Gasteiger partial charge in [-0.15, -0.1) is 0 Å². The Hall–Kier alpha value is -4.99. The Morgan fingerprint density at radius 3 is 2.07 bits per heavy atom. The summed E-state index contributed by atoms with van der Waals surface area (Å²) in [5.41, 5.74) is 2.19. The van der Waals surface area contributed by atoms with Crippen LogP contribution in [0, 0.1) is 0 Å². The molecule has 4 aromatic rings. The number of barbiturate groups is 1. The van der Waals surface area contributed by atoms with Gasteiger partial charge in [-0.25, -0.2) is 9.69 Å². The number of anilines is 1. The number of ether oxygens (including phenoxy) is 4. The first-order chi connectivity index (χ1) is 22.3. The van der Waals surface area contributed by atoms with Gasteiger partial charge in [0.05, 0.1) is 28.9 Å². The fourth-order valence-electron chi connectivity index (χ4n) is 4.64. The number of carbonyl (C=O) groups excluding carboxylic acids is 3. The summed E-state index contributed by atoms with van der Waals surface area (Å²) in [6, 6.07) is 23.9. The summed E-state index contributed by atoms with van der Waals surface area (Å²) in [4.78, 5) is 39.4. The van der Waals surface area contributed by atoms with Crippen molar-refractivity contribution in [2.24, 2.45) is 0 Å². The molecule has 1 aliphatic heterocycles. The van der Waals surface area contributed by atoms with Gasteiger partial charge in [0.25, 0.3) is 11.8 Å². The van der Waals surface area contributed by atoms with E-state index in [1.165, 1.54) is 18.2 Å². The molecule has 0 atom stereocenters. The zero-order valence-corrected chi connectivity index (χ0v) is 26.6. The summed E-state index contributed by atoms with van der Waals surface area (Å²) in [5.74, 6) is 0.337. The maximum atomic E-state index is 13.3. The van der Waals surface area contributed by atoms with Crippen molar-refractivity contribution in [3.8, 4) is 23.0 Å². The molecule has 46 heavy (non-hydrogen) atoms. The molecule has 0 radical (unpaired) electrons. The van der Waals surface area contributed by atoms with E-state index in [0.717, 1.165) is 16.0 Å². The molecule has 0 unspecified atom stereocenters. The van der Waals surface area contributed by atoms with E-state index in [1.54, 1.807) is 24.3 Å². The number of nitrogens with zero attached hydrogens (tertiary/aromatic N) is 1. The van der Waals surface area contributed by atoms with Crippen LogP contribution >= 0.6 is 23.2 Å². The van der Waals surface area contributed by atoms with Crippen molar-refractivity contribution >= 4 is 52.8 Å². The molecule has 236 valence electrons. The average molecular weight is 662 g/mol. The maximum absolute atomic E-state index is 13.3. The number of urea groups is 1. The highest BCUT2D eigenvalue weighted by Crippen LogP contribution is 2.37. The summed E-state index contributed by atoms with van der Waals surface area (Å²) in [7, 11) is 0. The summed E-state index contributed by atoms with van der Waals surface area (Å²) in [6.07, 6.45) is 1.32. The Morgan fingerprint density at radius 2 is 1.39 bits per heavy atom. The molecule has 0 aliphatic carbocycles. The Labute approximate surface area is 276 Å². The summed E-state index contributed by atoms with van der Waals surface area (Å²) in [6.45, 7) is 5.17. The molecule has 0 aromatic heterocycles. The van der Waals surface area contributed by atoms with Crippen molar-refractivity contribution in [2.45, 2.75) is 27.1 Å². The van der Waals surface area contributed by atoms with Crippen molar-refractivity contribution in [2.75, 3.05) is 18.1 Å². The molecule has 0 spiro atoms. The van der Waals surface area contributed by atoms with Gasteiger partial charge in [0, 0.05) is 0 Å². The molecule has 9 nitrogen and oxygen atoms in total. The number of imide groups is 2. The number of amides is 4. The van der Waals surface area contributed by atoms with E-state index in [2.05, 4.69) is 5.32 Å². The molecular weight excluding hydrogens is 631 g/mol. The number of hydrogen-bond acceptors (Lipinski definition) is 7. The fraction of sp³-hybridized carbons (Fsp3) is 0.171. The van der Waals surface area contributed by atoms with Crippen LogP contribution in [0.15, 0.2) is 90.5 Å². The highest BCUT2D eigenvalue weighted by atomic mass is 35.5. The summed E-state index contributed by atoms with van der Waals surface area (Å²) in [5, 5.41) is 2.52. The molecule has 5 rings (SSSR count). The number of halogens is 2. The zero-order chi connectivity index (χ0) is 32.6. The molecule has 4 aromatic carbocycles. The highest BCUT2D eigenvalue weighted by molar-refractivity contribution is 6.40. The normalized spacial score (nSPS) is 13.9. The van der Waals surface area contributed by atoms with Gasteiger partial charge in [-0.3, -0.25) is 14.9 Å². The van der Waals surface area contributed by atoms with Crippen LogP contribution < -0.4 is 29.2 Å². The second-order valence-electron chi connectivity index (χ2n) is 9.98. The lowest BCUT2D eigenvalue weighted by Crippen LogP contribution is -2.54. The maximum Gasteiger partial charge on any atom is 0.335 e. The lowest BCUT2D eigenvalue weighted by atomic mass is 10.1. The van der Waals surface area contributed by atoms with Gasteiger partial charge in [0.1, 0.15) is 24.5 Å². The predicted molar refractivity (Wildman–Crippen MR) is 176 cm³/mol. The van der Waals surface area contributed by atoms with Crippen molar-refractivity contribution in [3.05, 3.63) is 117 Å². The molecule has 1 fully saturated rings. The molecule has 1 aliphatic rings. The van der Waals surface area contributed by atoms with Gasteiger partial charge in [-0.1, -0.05) is 59.6 Å². The monoisotopic (exact) mass is 660 g/mol. The Balaban J connectivity index is 1.30. The molecule has 0 bridgehead atoms. The smallest absolute Gasteiger partial charge is 0.335 e. The van der Waals surface area contributed by atoms with Crippen LogP contribution in [0.25, 0.3) is 6.08 Å². The SMILES string of the molecule is CCOc1ccc(N2C(=O)NC(=O)/C(=C\c3cc(Cl)c(OCc4ccc(OCc5ccccc5)c(OCC)c4)c(Cl)c3)C2=O)cc1. The molecule has 1 saturated heterocycles. The van der Waals surface area contributed by atoms with Gasteiger partial charge in [0.15, 0.2) is 17.2 Å². The zero-order valence-electron chi connectivity index (χ0n) is 25.0. The number of nitrogens with one attached hydrogen (secondary N) is 1. The quantitative estimate of drug-likeness (QED) is 0.123. The van der Waals surface area contributed by atoms with Crippen LogP contribution in [-0.4, -0.2) is 31.1 Å².